The lowest BCUT2D eigenvalue weighted by molar-refractivity contribution is -0.140. The molecule has 0 saturated carbocycles. The molecule has 4 saturated heterocycles. The maximum Gasteiger partial charge on any atom is 0.242 e. The van der Waals surface area contributed by atoms with Gasteiger partial charge in [-0.2, -0.15) is 0 Å². The van der Waals surface area contributed by atoms with Crippen LogP contribution in [0.4, 0.5) is 0 Å². The number of carbonyl (C=O) groups excluding carboxylic acids is 4. The predicted octanol–water partition coefficient (Wildman–Crippen LogP) is 0.158. The first-order valence-electron chi connectivity index (χ1n) is 13.5. The van der Waals surface area contributed by atoms with E-state index in [0.717, 1.165) is 96.9 Å². The number of likely N-dealkylation sites (N-methyl/N-ethyl adjacent to an activating group) is 1. The van der Waals surface area contributed by atoms with E-state index in [1.165, 1.54) is 0 Å². The summed E-state index contributed by atoms with van der Waals surface area (Å²) in [5.41, 5.74) is 5.78. The van der Waals surface area contributed by atoms with Crippen molar-refractivity contribution in [1.82, 2.24) is 24.9 Å². The van der Waals surface area contributed by atoms with Crippen LogP contribution >= 0.6 is 0 Å². The van der Waals surface area contributed by atoms with E-state index in [-0.39, 0.29) is 42.8 Å². The summed E-state index contributed by atoms with van der Waals surface area (Å²) in [6, 6.07) is -0.525. The van der Waals surface area contributed by atoms with Gasteiger partial charge >= 0.3 is 0 Å². The Morgan fingerprint density at radius 1 is 0.714 bits per heavy atom. The number of likely N-dealkylation sites (tertiary alicyclic amines) is 4. The molecule has 0 aromatic carbocycles. The monoisotopic (exact) mass is 492 g/mol. The van der Waals surface area contributed by atoms with Gasteiger partial charge in [0, 0.05) is 39.3 Å². The summed E-state index contributed by atoms with van der Waals surface area (Å²) in [4.78, 5) is 55.3. The Hall–Kier alpha value is -2.20. The van der Waals surface area contributed by atoms with E-state index in [1.54, 1.807) is 9.80 Å². The summed E-state index contributed by atoms with van der Waals surface area (Å²) in [5.74, 6) is 0.208. The second-order valence-corrected chi connectivity index (χ2v) is 10.1. The van der Waals surface area contributed by atoms with Gasteiger partial charge < -0.3 is 30.7 Å². The van der Waals surface area contributed by atoms with E-state index >= 15 is 0 Å². The highest BCUT2D eigenvalue weighted by atomic mass is 16.2. The van der Waals surface area contributed by atoms with E-state index < -0.39 is 6.04 Å². The van der Waals surface area contributed by atoms with Crippen LogP contribution in [0, 0.1) is 0 Å². The first kappa shape index (κ1) is 27.4. The van der Waals surface area contributed by atoms with Crippen molar-refractivity contribution in [3.05, 3.63) is 0 Å². The van der Waals surface area contributed by atoms with Gasteiger partial charge in [-0.1, -0.05) is 0 Å². The van der Waals surface area contributed by atoms with E-state index in [0.29, 0.717) is 6.54 Å². The van der Waals surface area contributed by atoms with Crippen LogP contribution in [0.2, 0.25) is 0 Å². The van der Waals surface area contributed by atoms with Gasteiger partial charge in [0.05, 0.1) is 25.2 Å². The largest absolute Gasteiger partial charge is 0.341 e. The van der Waals surface area contributed by atoms with Crippen LogP contribution in [0.3, 0.4) is 0 Å². The van der Waals surface area contributed by atoms with Crippen molar-refractivity contribution >= 4 is 23.6 Å². The van der Waals surface area contributed by atoms with Crippen molar-refractivity contribution in [2.45, 2.75) is 76.3 Å². The van der Waals surface area contributed by atoms with Crippen LogP contribution in [0.5, 0.6) is 0 Å². The molecular formula is C25H44N6O4. The lowest BCUT2D eigenvalue weighted by Crippen LogP contribution is -2.48. The van der Waals surface area contributed by atoms with Crippen molar-refractivity contribution < 1.29 is 19.2 Å². The fraction of sp³-hybridized carbons (Fsp3) is 0.840. The number of hydrogen-bond acceptors (Lipinski definition) is 6. The van der Waals surface area contributed by atoms with Gasteiger partial charge in [0.15, 0.2) is 0 Å². The Morgan fingerprint density at radius 2 is 1.14 bits per heavy atom. The highest BCUT2D eigenvalue weighted by Gasteiger charge is 2.29. The molecule has 35 heavy (non-hydrogen) atoms. The zero-order chi connectivity index (χ0) is 25.2. The third kappa shape index (κ3) is 7.90. The van der Waals surface area contributed by atoms with E-state index in [1.807, 2.05) is 16.8 Å². The number of rotatable bonds is 5. The van der Waals surface area contributed by atoms with Gasteiger partial charge in [0.1, 0.15) is 0 Å². The molecule has 4 aliphatic rings. The first-order chi connectivity index (χ1) is 16.9. The Morgan fingerprint density at radius 3 is 1.63 bits per heavy atom. The molecule has 0 radical (unpaired) electrons. The minimum atomic E-state index is -0.413. The highest BCUT2D eigenvalue weighted by molar-refractivity contribution is 5.88. The van der Waals surface area contributed by atoms with Crippen LogP contribution in [0.25, 0.3) is 0 Å². The van der Waals surface area contributed by atoms with Crippen LogP contribution in [0.15, 0.2) is 0 Å². The van der Waals surface area contributed by atoms with Gasteiger partial charge in [-0.3, -0.25) is 19.2 Å². The van der Waals surface area contributed by atoms with E-state index in [4.69, 9.17) is 5.73 Å². The minimum Gasteiger partial charge on any atom is -0.341 e. The molecule has 4 rings (SSSR count). The minimum absolute atomic E-state index is 0.0601. The molecule has 0 bridgehead atoms. The van der Waals surface area contributed by atoms with Crippen molar-refractivity contribution in [1.29, 1.82) is 0 Å². The second kappa shape index (κ2) is 13.8. The van der Waals surface area contributed by atoms with Gasteiger partial charge in [0.25, 0.3) is 0 Å². The molecule has 0 aromatic rings. The summed E-state index contributed by atoms with van der Waals surface area (Å²) in [7, 11) is 1.81. The van der Waals surface area contributed by atoms with Crippen molar-refractivity contribution in [2.75, 3.05) is 59.4 Å². The van der Waals surface area contributed by atoms with Crippen molar-refractivity contribution in [3.63, 3.8) is 0 Å². The molecule has 0 spiro atoms. The van der Waals surface area contributed by atoms with Crippen LogP contribution < -0.4 is 11.1 Å². The normalized spacial score (nSPS) is 25.8. The third-order valence-electron chi connectivity index (χ3n) is 7.52. The molecule has 4 heterocycles. The number of hydrogen-bond donors (Lipinski definition) is 2. The smallest absolute Gasteiger partial charge is 0.242 e. The standard InChI is InChI=1S/C13H23N3O2.C12H21N3O2/c1-14-11-6-2-3-9-16(13(11)18)10-12(17)15-7-4-5-8-15;13-10-5-1-2-8-15(12(10)17)9-11(16)14-6-3-4-7-14/h11,14H,2-10H2,1H3;10H,1-9,13H2/t;10-/m.0/s1. The number of amides is 4. The SMILES string of the molecule is CNC1CCCCN(CC(=O)N2CCCC2)C1=O.N[C@H]1CCCCN(CC(=O)N2CCCC2)C1=O. The molecule has 10 nitrogen and oxygen atoms in total. The average molecular weight is 493 g/mol. The fourth-order valence-electron chi connectivity index (χ4n) is 5.28. The van der Waals surface area contributed by atoms with Gasteiger partial charge in [0.2, 0.25) is 23.6 Å². The summed E-state index contributed by atoms with van der Waals surface area (Å²) in [5, 5.41) is 3.05. The Bertz CT molecular complexity index is 735. The molecule has 0 aliphatic carbocycles. The molecule has 2 atom stereocenters. The molecule has 4 fully saturated rings. The van der Waals surface area contributed by atoms with Crippen LogP contribution in [-0.2, 0) is 19.2 Å². The molecule has 0 aromatic heterocycles. The fourth-order valence-corrected chi connectivity index (χ4v) is 5.28. The van der Waals surface area contributed by atoms with Gasteiger partial charge in [-0.25, -0.2) is 0 Å². The zero-order valence-corrected chi connectivity index (χ0v) is 21.4. The number of nitrogens with zero attached hydrogens (tertiary/aromatic N) is 4. The van der Waals surface area contributed by atoms with Crippen LogP contribution in [0.1, 0.15) is 64.2 Å². The Kier molecular flexibility index (Phi) is 10.8. The zero-order valence-electron chi connectivity index (χ0n) is 21.4. The summed E-state index contributed by atoms with van der Waals surface area (Å²) < 4.78 is 0. The molecule has 1 unspecified atom stereocenters. The summed E-state index contributed by atoms with van der Waals surface area (Å²) in [6.45, 7) is 5.26. The van der Waals surface area contributed by atoms with Crippen LogP contribution in [-0.4, -0.2) is 115 Å². The molecule has 4 amide bonds. The number of nitrogens with two attached hydrogens (primary N) is 1. The lowest BCUT2D eigenvalue weighted by atomic mass is 10.1. The van der Waals surface area contributed by atoms with E-state index in [9.17, 15) is 19.2 Å². The van der Waals surface area contributed by atoms with Crippen molar-refractivity contribution in [3.8, 4) is 0 Å². The van der Waals surface area contributed by atoms with Crippen molar-refractivity contribution in [2.24, 2.45) is 5.73 Å². The summed E-state index contributed by atoms with van der Waals surface area (Å²) >= 11 is 0. The Labute approximate surface area is 209 Å². The van der Waals surface area contributed by atoms with Gasteiger partial charge in [-0.05, 0) is 71.3 Å². The molecule has 3 N–H and O–H groups in total. The van der Waals surface area contributed by atoms with E-state index in [2.05, 4.69) is 5.32 Å². The maximum absolute atomic E-state index is 12.2. The molecule has 4 aliphatic heterocycles. The lowest BCUT2D eigenvalue weighted by Gasteiger charge is -2.26. The predicted molar refractivity (Wildman–Crippen MR) is 133 cm³/mol. The first-order valence-corrected chi connectivity index (χ1v) is 13.5. The molecule has 198 valence electrons. The average Bonchev–Trinajstić information content (AvgIpc) is 3.54. The molecule has 10 heteroatoms. The summed E-state index contributed by atoms with van der Waals surface area (Å²) in [6.07, 6.45) is 9.95. The number of nitrogens with one attached hydrogen (secondary N) is 1. The van der Waals surface area contributed by atoms with Gasteiger partial charge in [-0.15, -0.1) is 0 Å². The highest BCUT2D eigenvalue weighted by Crippen LogP contribution is 2.15. The second-order valence-electron chi connectivity index (χ2n) is 10.1. The molecular weight excluding hydrogens is 448 g/mol. The topological polar surface area (TPSA) is 119 Å². The maximum atomic E-state index is 12.2. The quantitative estimate of drug-likeness (QED) is 0.564. The number of carbonyl (C=O) groups is 4. The Balaban J connectivity index is 0.000000196. The third-order valence-corrected chi connectivity index (χ3v) is 7.52.